The van der Waals surface area contributed by atoms with E-state index in [-0.39, 0.29) is 5.56 Å². The van der Waals surface area contributed by atoms with Gasteiger partial charge in [0.15, 0.2) is 0 Å². The minimum Gasteiger partial charge on any atom is -0.380 e. The summed E-state index contributed by atoms with van der Waals surface area (Å²) >= 11 is 0. The van der Waals surface area contributed by atoms with Crippen LogP contribution in [0.4, 0.5) is 5.69 Å². The molecule has 0 aliphatic rings. The number of aryl methyl sites for hydroxylation is 2. The average Bonchev–Trinajstić information content (AvgIpc) is 2.33. The third-order valence-corrected chi connectivity index (χ3v) is 2.70. The van der Waals surface area contributed by atoms with Gasteiger partial charge in [0.05, 0.1) is 5.69 Å². The van der Waals surface area contributed by atoms with E-state index in [0.29, 0.717) is 0 Å². The molecule has 17 heavy (non-hydrogen) atoms. The molecule has 0 bridgehead atoms. The lowest BCUT2D eigenvalue weighted by molar-refractivity contribution is 0.859. The number of aromatic nitrogens is 1. The number of nitrogens with zero attached hydrogens (tertiary/aromatic N) is 1. The Kier molecular flexibility index (Phi) is 3.28. The summed E-state index contributed by atoms with van der Waals surface area (Å²) in [4.78, 5) is 11.2. The number of rotatable bonds is 3. The van der Waals surface area contributed by atoms with Crippen molar-refractivity contribution >= 4 is 5.69 Å². The number of pyridine rings is 1. The van der Waals surface area contributed by atoms with Crippen LogP contribution in [0.2, 0.25) is 0 Å². The fourth-order valence-corrected chi connectivity index (χ4v) is 1.61. The molecular weight excluding hydrogens is 212 g/mol. The summed E-state index contributed by atoms with van der Waals surface area (Å²) in [6.45, 7) is 2.84. The van der Waals surface area contributed by atoms with E-state index >= 15 is 0 Å². The molecule has 3 nitrogen and oxygen atoms in total. The third-order valence-electron chi connectivity index (χ3n) is 2.70. The Morgan fingerprint density at radius 2 is 1.82 bits per heavy atom. The van der Waals surface area contributed by atoms with Crippen molar-refractivity contribution in [1.82, 2.24) is 4.57 Å². The zero-order chi connectivity index (χ0) is 12.3. The summed E-state index contributed by atoms with van der Waals surface area (Å²) < 4.78 is 1.57. The van der Waals surface area contributed by atoms with Crippen LogP contribution in [0.3, 0.4) is 0 Å². The fraction of sp³-hybridized carbons (Fsp3) is 0.214. The van der Waals surface area contributed by atoms with Crippen LogP contribution in [0.1, 0.15) is 11.1 Å². The second kappa shape index (κ2) is 4.87. The predicted molar refractivity (Wildman–Crippen MR) is 70.2 cm³/mol. The summed E-state index contributed by atoms with van der Waals surface area (Å²) in [5.41, 5.74) is 3.44. The van der Waals surface area contributed by atoms with Crippen LogP contribution in [0.5, 0.6) is 0 Å². The van der Waals surface area contributed by atoms with Gasteiger partial charge in [-0.1, -0.05) is 29.8 Å². The molecule has 2 aromatic rings. The highest BCUT2D eigenvalue weighted by molar-refractivity contribution is 5.41. The van der Waals surface area contributed by atoms with Gasteiger partial charge in [-0.15, -0.1) is 0 Å². The standard InChI is InChI=1S/C14H16N2O/c1-11-3-5-12(6-4-11)9-15-13-7-8-14(17)16(2)10-13/h3-8,10,15H,9H2,1-2H3. The first-order valence-corrected chi connectivity index (χ1v) is 5.61. The lowest BCUT2D eigenvalue weighted by atomic mass is 10.1. The van der Waals surface area contributed by atoms with Crippen LogP contribution in [0.25, 0.3) is 0 Å². The first kappa shape index (κ1) is 11.5. The molecule has 0 unspecified atom stereocenters. The molecule has 88 valence electrons. The maximum Gasteiger partial charge on any atom is 0.250 e. The van der Waals surface area contributed by atoms with Gasteiger partial charge in [-0.05, 0) is 18.6 Å². The predicted octanol–water partition coefficient (Wildman–Crippen LogP) is 2.31. The van der Waals surface area contributed by atoms with Gasteiger partial charge in [0.2, 0.25) is 5.56 Å². The van der Waals surface area contributed by atoms with Crippen molar-refractivity contribution in [3.05, 3.63) is 64.1 Å². The van der Waals surface area contributed by atoms with Crippen molar-refractivity contribution in [2.45, 2.75) is 13.5 Å². The Balaban J connectivity index is 2.04. The largest absolute Gasteiger partial charge is 0.380 e. The SMILES string of the molecule is Cc1ccc(CNc2ccc(=O)n(C)c2)cc1. The first-order valence-electron chi connectivity index (χ1n) is 5.61. The Morgan fingerprint density at radius 3 is 2.47 bits per heavy atom. The van der Waals surface area contributed by atoms with Crippen LogP contribution in [-0.4, -0.2) is 4.57 Å². The molecule has 3 heteroatoms. The lowest BCUT2D eigenvalue weighted by Crippen LogP contribution is -2.15. The number of benzene rings is 1. The van der Waals surface area contributed by atoms with E-state index < -0.39 is 0 Å². The van der Waals surface area contributed by atoms with Crippen molar-refractivity contribution in [1.29, 1.82) is 0 Å². The summed E-state index contributed by atoms with van der Waals surface area (Å²) in [5.74, 6) is 0. The molecule has 0 fully saturated rings. The van der Waals surface area contributed by atoms with Crippen LogP contribution >= 0.6 is 0 Å². The van der Waals surface area contributed by atoms with Crippen molar-refractivity contribution in [3.8, 4) is 0 Å². The maximum absolute atomic E-state index is 11.2. The van der Waals surface area contributed by atoms with Gasteiger partial charge >= 0.3 is 0 Å². The van der Waals surface area contributed by atoms with Crippen molar-refractivity contribution in [2.75, 3.05) is 5.32 Å². The Bertz CT molecular complexity index is 555. The van der Waals surface area contributed by atoms with Gasteiger partial charge in [-0.2, -0.15) is 0 Å². The van der Waals surface area contributed by atoms with Crippen LogP contribution in [0.15, 0.2) is 47.4 Å². The van der Waals surface area contributed by atoms with E-state index in [1.807, 2.05) is 0 Å². The molecular formula is C14H16N2O. The molecule has 0 atom stereocenters. The molecule has 0 aliphatic heterocycles. The number of hydrogen-bond acceptors (Lipinski definition) is 2. The highest BCUT2D eigenvalue weighted by atomic mass is 16.1. The average molecular weight is 228 g/mol. The molecule has 1 N–H and O–H groups in total. The zero-order valence-electron chi connectivity index (χ0n) is 10.1. The molecule has 1 heterocycles. The highest BCUT2D eigenvalue weighted by Crippen LogP contribution is 2.07. The summed E-state index contributed by atoms with van der Waals surface area (Å²) in [6, 6.07) is 11.8. The monoisotopic (exact) mass is 228 g/mol. The Labute approximate surface area is 101 Å². The van der Waals surface area contributed by atoms with Crippen molar-refractivity contribution in [2.24, 2.45) is 7.05 Å². The normalized spacial score (nSPS) is 10.2. The van der Waals surface area contributed by atoms with Crippen molar-refractivity contribution in [3.63, 3.8) is 0 Å². The first-order chi connectivity index (χ1) is 8.15. The van der Waals surface area contributed by atoms with Crippen LogP contribution in [0, 0.1) is 6.92 Å². The minimum atomic E-state index is 0.00545. The zero-order valence-corrected chi connectivity index (χ0v) is 10.1. The quantitative estimate of drug-likeness (QED) is 0.874. The minimum absolute atomic E-state index is 0.00545. The highest BCUT2D eigenvalue weighted by Gasteiger charge is 1.96. The number of anilines is 1. The Morgan fingerprint density at radius 1 is 1.12 bits per heavy atom. The number of hydrogen-bond donors (Lipinski definition) is 1. The van der Waals surface area contributed by atoms with Crippen LogP contribution in [-0.2, 0) is 13.6 Å². The Hall–Kier alpha value is -2.03. The van der Waals surface area contributed by atoms with Crippen LogP contribution < -0.4 is 10.9 Å². The van der Waals surface area contributed by atoms with E-state index in [4.69, 9.17) is 0 Å². The molecule has 0 saturated carbocycles. The topological polar surface area (TPSA) is 34.0 Å². The fourth-order valence-electron chi connectivity index (χ4n) is 1.61. The van der Waals surface area contributed by atoms with Gasteiger partial charge in [-0.3, -0.25) is 4.79 Å². The second-order valence-electron chi connectivity index (χ2n) is 4.21. The summed E-state index contributed by atoms with van der Waals surface area (Å²) in [5, 5.41) is 3.29. The molecule has 0 amide bonds. The van der Waals surface area contributed by atoms with E-state index in [1.54, 1.807) is 29.9 Å². The molecule has 0 aliphatic carbocycles. The molecule has 0 radical (unpaired) electrons. The van der Waals surface area contributed by atoms with Gasteiger partial charge in [0.1, 0.15) is 0 Å². The van der Waals surface area contributed by atoms with E-state index in [1.165, 1.54) is 11.1 Å². The van der Waals surface area contributed by atoms with Crippen molar-refractivity contribution < 1.29 is 0 Å². The second-order valence-corrected chi connectivity index (χ2v) is 4.21. The third kappa shape index (κ3) is 2.97. The molecule has 1 aromatic heterocycles. The molecule has 2 rings (SSSR count). The van der Waals surface area contributed by atoms with Gasteiger partial charge < -0.3 is 9.88 Å². The van der Waals surface area contributed by atoms with E-state index in [2.05, 4.69) is 36.5 Å². The van der Waals surface area contributed by atoms with Gasteiger partial charge in [-0.25, -0.2) is 0 Å². The van der Waals surface area contributed by atoms with E-state index in [0.717, 1.165) is 12.2 Å². The summed E-state index contributed by atoms with van der Waals surface area (Å²) in [6.07, 6.45) is 1.80. The summed E-state index contributed by atoms with van der Waals surface area (Å²) in [7, 11) is 1.75. The molecule has 1 aromatic carbocycles. The van der Waals surface area contributed by atoms with Gasteiger partial charge in [0.25, 0.3) is 0 Å². The van der Waals surface area contributed by atoms with Gasteiger partial charge in [0, 0.05) is 25.9 Å². The smallest absolute Gasteiger partial charge is 0.250 e. The van der Waals surface area contributed by atoms with E-state index in [9.17, 15) is 4.79 Å². The number of nitrogens with one attached hydrogen (secondary N) is 1. The molecule has 0 saturated heterocycles. The maximum atomic E-state index is 11.2. The molecule has 0 spiro atoms. The lowest BCUT2D eigenvalue weighted by Gasteiger charge is -2.07.